The maximum absolute atomic E-state index is 13.1. The predicted molar refractivity (Wildman–Crippen MR) is 127 cm³/mol. The number of esters is 1. The first kappa shape index (κ1) is 24.1. The number of benzene rings is 2. The van der Waals surface area contributed by atoms with Crippen molar-refractivity contribution in [2.75, 3.05) is 7.11 Å². The van der Waals surface area contributed by atoms with Crippen LogP contribution < -0.4 is 15.7 Å². The van der Waals surface area contributed by atoms with Gasteiger partial charge in [-0.3, -0.25) is 4.79 Å². The molecule has 4 aromatic rings. The van der Waals surface area contributed by atoms with Gasteiger partial charge in [-0.1, -0.05) is 6.07 Å². The fourth-order valence-electron chi connectivity index (χ4n) is 3.45. The summed E-state index contributed by atoms with van der Waals surface area (Å²) in [6, 6.07) is 12.9. The average Bonchev–Trinajstić information content (AvgIpc) is 3.38. The zero-order chi connectivity index (χ0) is 25.7. The lowest BCUT2D eigenvalue weighted by molar-refractivity contribution is -0.151. The maximum Gasteiger partial charge on any atom is 0.336 e. The van der Waals surface area contributed by atoms with E-state index in [1.807, 2.05) is 0 Å². The van der Waals surface area contributed by atoms with Crippen LogP contribution in [0.4, 0.5) is 0 Å². The summed E-state index contributed by atoms with van der Waals surface area (Å²) in [6.07, 6.45) is 2.43. The first-order valence-electron chi connectivity index (χ1n) is 10.7. The minimum atomic E-state index is -1.53. The Hall–Kier alpha value is -4.99. The van der Waals surface area contributed by atoms with E-state index in [0.29, 0.717) is 16.7 Å². The molecule has 0 aliphatic heterocycles. The molecule has 0 aliphatic carbocycles. The summed E-state index contributed by atoms with van der Waals surface area (Å²) in [7, 11) is 1.39. The van der Waals surface area contributed by atoms with Crippen molar-refractivity contribution in [1.82, 2.24) is 5.32 Å². The summed E-state index contributed by atoms with van der Waals surface area (Å²) < 4.78 is 20.9. The van der Waals surface area contributed by atoms with Crippen molar-refractivity contribution in [2.45, 2.75) is 12.6 Å². The highest BCUT2D eigenvalue weighted by Gasteiger charge is 2.28. The van der Waals surface area contributed by atoms with E-state index in [9.17, 15) is 24.6 Å². The molecule has 10 heteroatoms. The van der Waals surface area contributed by atoms with Gasteiger partial charge in [0.15, 0.2) is 11.5 Å². The van der Waals surface area contributed by atoms with Gasteiger partial charge in [0.25, 0.3) is 5.91 Å². The summed E-state index contributed by atoms with van der Waals surface area (Å²) in [5, 5.41) is 22.4. The lowest BCUT2D eigenvalue weighted by atomic mass is 10.0. The van der Waals surface area contributed by atoms with E-state index in [0.717, 1.165) is 12.1 Å². The lowest BCUT2D eigenvalue weighted by Gasteiger charge is -2.18. The van der Waals surface area contributed by atoms with Crippen LogP contribution in [0.15, 0.2) is 80.6 Å². The van der Waals surface area contributed by atoms with Crippen molar-refractivity contribution >= 4 is 28.9 Å². The van der Waals surface area contributed by atoms with E-state index in [1.54, 1.807) is 18.2 Å². The number of phenolic OH excluding ortho intramolecular Hbond substituents is 2. The monoisotopic (exact) mass is 491 g/mol. The number of fused-ring (bicyclic) bond motifs is 1. The van der Waals surface area contributed by atoms with Gasteiger partial charge in [-0.25, -0.2) is 9.59 Å². The molecule has 1 atom stereocenters. The summed E-state index contributed by atoms with van der Waals surface area (Å²) in [5.74, 6) is -1.11. The third kappa shape index (κ3) is 5.55. The minimum Gasteiger partial charge on any atom is -0.508 e. The van der Waals surface area contributed by atoms with E-state index in [4.69, 9.17) is 18.3 Å². The van der Waals surface area contributed by atoms with Crippen molar-refractivity contribution < 1.29 is 38.1 Å². The number of phenols is 2. The molecule has 0 saturated heterocycles. The number of rotatable bonds is 8. The predicted octanol–water partition coefficient (Wildman–Crippen LogP) is 3.42. The zero-order valence-electron chi connectivity index (χ0n) is 19.0. The largest absolute Gasteiger partial charge is 0.508 e. The van der Waals surface area contributed by atoms with Crippen LogP contribution in [-0.2, 0) is 20.9 Å². The molecule has 0 fully saturated rings. The van der Waals surface area contributed by atoms with Crippen LogP contribution in [0.1, 0.15) is 23.0 Å². The third-order valence-corrected chi connectivity index (χ3v) is 5.15. The van der Waals surface area contributed by atoms with Crippen molar-refractivity contribution in [2.24, 2.45) is 0 Å². The molecule has 10 nitrogen and oxygen atoms in total. The summed E-state index contributed by atoms with van der Waals surface area (Å²) >= 11 is 0. The minimum absolute atomic E-state index is 0.0171. The van der Waals surface area contributed by atoms with Gasteiger partial charge in [-0.15, -0.1) is 0 Å². The molecule has 1 amide bonds. The number of nitrogens with one attached hydrogen (secondary N) is 1. The Morgan fingerprint density at radius 1 is 1.11 bits per heavy atom. The molecule has 2 heterocycles. The Kier molecular flexibility index (Phi) is 7.05. The first-order valence-corrected chi connectivity index (χ1v) is 10.7. The molecule has 0 spiro atoms. The Bertz CT molecular complexity index is 1490. The molecule has 184 valence electrons. The Morgan fingerprint density at radius 3 is 2.69 bits per heavy atom. The molecule has 36 heavy (non-hydrogen) atoms. The summed E-state index contributed by atoms with van der Waals surface area (Å²) in [5.41, 5.74) is -0.174. The highest BCUT2D eigenvalue weighted by Crippen LogP contribution is 2.29. The number of carbonyl (C=O) groups is 2. The number of furan rings is 1. The van der Waals surface area contributed by atoms with Crippen LogP contribution in [0, 0.1) is 0 Å². The van der Waals surface area contributed by atoms with E-state index in [-0.39, 0.29) is 34.9 Å². The Morgan fingerprint density at radius 2 is 1.94 bits per heavy atom. The first-order chi connectivity index (χ1) is 17.3. The standard InChI is InChI=1S/C26H21NO9/c1-33-22-11-15(4-8-20(22)29)5-9-23(30)36-25(26(32)27-14-17-3-2-10-34-17)19-13-24(31)35-21-12-16(28)6-7-18(19)21/h2-13,25,28-29H,14H2,1H3,(H,27,32)/b9-5+. The number of carbonyl (C=O) groups excluding carboxylic acids is 2. The van der Waals surface area contributed by atoms with E-state index in [2.05, 4.69) is 5.32 Å². The maximum atomic E-state index is 13.1. The molecule has 0 radical (unpaired) electrons. The van der Waals surface area contributed by atoms with Crippen molar-refractivity contribution in [3.05, 3.63) is 94.2 Å². The second kappa shape index (κ2) is 10.5. The fourth-order valence-corrected chi connectivity index (χ4v) is 3.45. The zero-order valence-corrected chi connectivity index (χ0v) is 19.0. The third-order valence-electron chi connectivity index (χ3n) is 5.15. The Balaban J connectivity index is 1.64. The number of hydrogen-bond acceptors (Lipinski definition) is 9. The van der Waals surface area contributed by atoms with Crippen LogP contribution >= 0.6 is 0 Å². The summed E-state index contributed by atoms with van der Waals surface area (Å²) in [4.78, 5) is 38.0. The number of methoxy groups -OCH3 is 1. The van der Waals surface area contributed by atoms with Gasteiger partial charge in [0, 0.05) is 29.2 Å². The molecule has 0 aliphatic rings. The molecule has 4 rings (SSSR count). The highest BCUT2D eigenvalue weighted by atomic mass is 16.5. The molecular formula is C26H21NO9. The number of ether oxygens (including phenoxy) is 2. The van der Waals surface area contributed by atoms with Gasteiger partial charge < -0.3 is 33.8 Å². The van der Waals surface area contributed by atoms with Crippen molar-refractivity contribution in [3.63, 3.8) is 0 Å². The molecule has 0 bridgehead atoms. The van der Waals surface area contributed by atoms with Crippen LogP contribution in [0.5, 0.6) is 17.2 Å². The number of amides is 1. The number of hydrogen-bond donors (Lipinski definition) is 3. The highest BCUT2D eigenvalue weighted by molar-refractivity contribution is 5.94. The van der Waals surface area contributed by atoms with E-state index in [1.165, 1.54) is 49.8 Å². The molecule has 1 unspecified atom stereocenters. The van der Waals surface area contributed by atoms with Crippen LogP contribution in [-0.4, -0.2) is 29.2 Å². The molecule has 0 saturated carbocycles. The SMILES string of the molecule is COc1cc(/C=C/C(=O)OC(C(=O)NCc2ccco2)c2cc(=O)oc3cc(O)ccc23)ccc1O. The van der Waals surface area contributed by atoms with Gasteiger partial charge >= 0.3 is 11.6 Å². The lowest BCUT2D eigenvalue weighted by Crippen LogP contribution is -2.32. The quantitative estimate of drug-likeness (QED) is 0.191. The average molecular weight is 491 g/mol. The van der Waals surface area contributed by atoms with Gasteiger partial charge in [0.1, 0.15) is 17.1 Å². The topological polar surface area (TPSA) is 148 Å². The number of aromatic hydroxyl groups is 2. The van der Waals surface area contributed by atoms with Crippen molar-refractivity contribution in [1.29, 1.82) is 0 Å². The van der Waals surface area contributed by atoms with E-state index < -0.39 is 23.6 Å². The smallest absolute Gasteiger partial charge is 0.336 e. The van der Waals surface area contributed by atoms with Crippen molar-refractivity contribution in [3.8, 4) is 17.2 Å². The van der Waals surface area contributed by atoms with Gasteiger partial charge in [-0.05, 0) is 48.0 Å². The summed E-state index contributed by atoms with van der Waals surface area (Å²) in [6.45, 7) is 0.0171. The second-order valence-corrected chi connectivity index (χ2v) is 7.58. The van der Waals surface area contributed by atoms with Gasteiger partial charge in [-0.2, -0.15) is 0 Å². The van der Waals surface area contributed by atoms with Crippen LogP contribution in [0.3, 0.4) is 0 Å². The fraction of sp³-hybridized carbons (Fsp3) is 0.115. The van der Waals surface area contributed by atoms with Crippen LogP contribution in [0.25, 0.3) is 17.0 Å². The van der Waals surface area contributed by atoms with Gasteiger partial charge in [0.05, 0.1) is 19.9 Å². The molecule has 2 aromatic carbocycles. The van der Waals surface area contributed by atoms with E-state index >= 15 is 0 Å². The van der Waals surface area contributed by atoms with Gasteiger partial charge in [0.2, 0.25) is 6.10 Å². The Labute approximate surface area is 204 Å². The second-order valence-electron chi connectivity index (χ2n) is 7.58. The molecular weight excluding hydrogens is 470 g/mol. The molecule has 2 aromatic heterocycles. The van der Waals surface area contributed by atoms with Crippen LogP contribution in [0.2, 0.25) is 0 Å². The molecule has 3 N–H and O–H groups in total. The normalized spacial score (nSPS) is 11.9.